The van der Waals surface area contributed by atoms with Gasteiger partial charge in [0.1, 0.15) is 5.75 Å². The number of unbranched alkanes of at least 4 members (excludes halogenated alkanes) is 1. The van der Waals surface area contributed by atoms with E-state index in [4.69, 9.17) is 27.0 Å². The lowest BCUT2D eigenvalue weighted by atomic mass is 9.69. The van der Waals surface area contributed by atoms with Crippen molar-refractivity contribution in [3.63, 3.8) is 0 Å². The van der Waals surface area contributed by atoms with Crippen LogP contribution in [0.15, 0.2) is 24.3 Å². The molecule has 0 unspecified atom stereocenters. The van der Waals surface area contributed by atoms with Gasteiger partial charge in [0.15, 0.2) is 0 Å². The number of amides is 3. The van der Waals surface area contributed by atoms with Gasteiger partial charge in [-0.05, 0) is 74.8 Å². The molecule has 0 saturated heterocycles. The van der Waals surface area contributed by atoms with Crippen LogP contribution in [0.5, 0.6) is 5.75 Å². The van der Waals surface area contributed by atoms with E-state index in [1.165, 1.54) is 11.3 Å². The molecule has 3 atom stereocenters. The van der Waals surface area contributed by atoms with Gasteiger partial charge in [-0.15, -0.1) is 0 Å². The normalized spacial score (nSPS) is 19.1. The van der Waals surface area contributed by atoms with Crippen LogP contribution in [0.3, 0.4) is 0 Å². The first-order valence-electron chi connectivity index (χ1n) is 15.9. The quantitative estimate of drug-likeness (QED) is 0.139. The fraction of sp³-hybridized carbons (Fsp3) is 0.727. The molecule has 0 spiro atoms. The summed E-state index contributed by atoms with van der Waals surface area (Å²) in [7, 11) is 1.66. The first kappa shape index (κ1) is 37.8. The molecule has 1 saturated carbocycles. The third kappa shape index (κ3) is 11.8. The number of hydrogen-bond donors (Lipinski definition) is 4. The Labute approximate surface area is 268 Å². The summed E-state index contributed by atoms with van der Waals surface area (Å²) >= 11 is 6.53. The number of carbonyl (C=O) groups is 3. The number of aliphatic hydroxyl groups excluding tert-OH is 1. The SMILES string of the molecule is COCCCCOc1ccccc1C(=O)N(Cl)C[C@@H](C[C@H](N)[C@@H](O)CNC(=O)C(C)(C)C1CCC(NC(C)=O)CC1)C(C)C. The van der Waals surface area contributed by atoms with Gasteiger partial charge in [0.25, 0.3) is 5.91 Å². The number of aliphatic hydroxyl groups is 1. The number of benzene rings is 1. The predicted molar refractivity (Wildman–Crippen MR) is 173 cm³/mol. The number of nitrogens with two attached hydrogens (primary N) is 1. The van der Waals surface area contributed by atoms with Gasteiger partial charge >= 0.3 is 0 Å². The average Bonchev–Trinajstić information content (AvgIpc) is 2.98. The minimum absolute atomic E-state index is 0.0270. The molecule has 250 valence electrons. The van der Waals surface area contributed by atoms with Gasteiger partial charge in [0, 0.05) is 63.0 Å². The molecule has 0 heterocycles. The van der Waals surface area contributed by atoms with Crippen molar-refractivity contribution in [3.05, 3.63) is 29.8 Å². The first-order valence-corrected chi connectivity index (χ1v) is 16.3. The Kier molecular flexibility index (Phi) is 15.9. The van der Waals surface area contributed by atoms with Gasteiger partial charge in [-0.25, -0.2) is 0 Å². The molecule has 0 aromatic heterocycles. The van der Waals surface area contributed by atoms with Crippen molar-refractivity contribution in [1.29, 1.82) is 0 Å². The van der Waals surface area contributed by atoms with E-state index < -0.39 is 17.6 Å². The summed E-state index contributed by atoms with van der Waals surface area (Å²) in [6.45, 7) is 10.8. The van der Waals surface area contributed by atoms with Crippen LogP contribution in [0.2, 0.25) is 0 Å². The number of rotatable bonds is 18. The number of carbonyl (C=O) groups excluding carboxylic acids is 3. The summed E-state index contributed by atoms with van der Waals surface area (Å²) in [6.07, 6.45) is 4.51. The van der Waals surface area contributed by atoms with Crippen molar-refractivity contribution < 1.29 is 29.0 Å². The molecule has 0 bridgehead atoms. The standard InChI is InChI=1S/C33H55ClN4O6/c1-22(2)24(21-38(34)31(41)27-11-7-8-12-30(27)44-18-10-9-17-43-6)19-28(35)29(40)20-36-32(42)33(4,5)25-13-15-26(16-14-25)37-23(3)39/h7-8,11-12,22,24-26,28-29,40H,9-10,13-21,35H2,1-6H3,(H,36,42)(H,37,39)/t24-,25?,26?,28+,29+/m1/s1. The molecule has 5 N–H and O–H groups in total. The maximum atomic E-state index is 13.3. The number of halogens is 1. The summed E-state index contributed by atoms with van der Waals surface area (Å²) in [4.78, 5) is 37.8. The van der Waals surface area contributed by atoms with Gasteiger partial charge in [-0.3, -0.25) is 18.8 Å². The number of para-hydroxylation sites is 1. The van der Waals surface area contributed by atoms with Crippen LogP contribution >= 0.6 is 11.8 Å². The Hall–Kier alpha value is -2.40. The second-order valence-corrected chi connectivity index (χ2v) is 13.5. The Bertz CT molecular complexity index is 1050. The minimum Gasteiger partial charge on any atom is -0.493 e. The van der Waals surface area contributed by atoms with Gasteiger partial charge in [0.05, 0.1) is 18.3 Å². The predicted octanol–water partition coefficient (Wildman–Crippen LogP) is 4.28. The van der Waals surface area contributed by atoms with Crippen LogP contribution in [0.4, 0.5) is 0 Å². The van der Waals surface area contributed by atoms with Crippen LogP contribution in [-0.4, -0.2) is 78.8 Å². The number of nitrogens with one attached hydrogen (secondary N) is 2. The Morgan fingerprint density at radius 3 is 2.36 bits per heavy atom. The molecule has 1 fully saturated rings. The number of ether oxygens (including phenoxy) is 2. The largest absolute Gasteiger partial charge is 0.493 e. The van der Waals surface area contributed by atoms with Crippen molar-refractivity contribution in [3.8, 4) is 5.75 Å². The molecule has 1 aromatic rings. The molecule has 0 aliphatic heterocycles. The van der Waals surface area contributed by atoms with Gasteiger partial charge in [0.2, 0.25) is 11.8 Å². The molecular weight excluding hydrogens is 584 g/mol. The summed E-state index contributed by atoms with van der Waals surface area (Å²) in [5.41, 5.74) is 6.18. The first-order chi connectivity index (χ1) is 20.8. The third-order valence-corrected chi connectivity index (χ3v) is 9.25. The van der Waals surface area contributed by atoms with Crippen molar-refractivity contribution in [2.24, 2.45) is 28.9 Å². The molecule has 2 rings (SSSR count). The van der Waals surface area contributed by atoms with Gasteiger partial charge in [-0.1, -0.05) is 39.8 Å². The van der Waals surface area contributed by atoms with E-state index in [1.54, 1.807) is 25.3 Å². The summed E-state index contributed by atoms with van der Waals surface area (Å²) in [5, 5.41) is 16.8. The Morgan fingerprint density at radius 2 is 1.75 bits per heavy atom. The van der Waals surface area contributed by atoms with E-state index >= 15 is 0 Å². The highest BCUT2D eigenvalue weighted by Gasteiger charge is 2.39. The summed E-state index contributed by atoms with van der Waals surface area (Å²) in [6, 6.07) is 6.58. The lowest BCUT2D eigenvalue weighted by Crippen LogP contribution is -2.50. The number of methoxy groups -OCH3 is 1. The van der Waals surface area contributed by atoms with E-state index in [0.717, 1.165) is 38.5 Å². The van der Waals surface area contributed by atoms with Gasteiger partial charge < -0.3 is 30.9 Å². The van der Waals surface area contributed by atoms with E-state index in [-0.39, 0.29) is 54.6 Å². The zero-order valence-corrected chi connectivity index (χ0v) is 28.2. The van der Waals surface area contributed by atoms with Crippen LogP contribution in [0.1, 0.15) is 89.9 Å². The zero-order valence-electron chi connectivity index (χ0n) is 27.4. The van der Waals surface area contributed by atoms with Crippen LogP contribution in [0.25, 0.3) is 0 Å². The molecule has 1 aliphatic carbocycles. The maximum Gasteiger partial charge on any atom is 0.271 e. The highest BCUT2D eigenvalue weighted by atomic mass is 35.5. The average molecular weight is 639 g/mol. The van der Waals surface area contributed by atoms with E-state index in [9.17, 15) is 19.5 Å². The van der Waals surface area contributed by atoms with Crippen molar-refractivity contribution in [1.82, 2.24) is 15.1 Å². The fourth-order valence-electron chi connectivity index (χ4n) is 5.79. The van der Waals surface area contributed by atoms with Gasteiger partial charge in [-0.2, -0.15) is 0 Å². The van der Waals surface area contributed by atoms with Crippen molar-refractivity contribution >= 4 is 29.5 Å². The fourth-order valence-corrected chi connectivity index (χ4v) is 6.06. The summed E-state index contributed by atoms with van der Waals surface area (Å²) in [5.74, 6) is 0.199. The topological polar surface area (TPSA) is 143 Å². The molecule has 0 radical (unpaired) electrons. The zero-order chi connectivity index (χ0) is 32.9. The lowest BCUT2D eigenvalue weighted by Gasteiger charge is -2.38. The van der Waals surface area contributed by atoms with E-state index in [0.29, 0.717) is 30.9 Å². The molecular formula is C33H55ClN4O6. The molecule has 1 aliphatic rings. The van der Waals surface area contributed by atoms with E-state index in [1.807, 2.05) is 33.8 Å². The minimum atomic E-state index is -0.960. The van der Waals surface area contributed by atoms with Crippen LogP contribution in [-0.2, 0) is 14.3 Å². The lowest BCUT2D eigenvalue weighted by molar-refractivity contribution is -0.133. The number of nitrogens with zero attached hydrogens (tertiary/aromatic N) is 1. The number of hydrogen-bond acceptors (Lipinski definition) is 7. The highest BCUT2D eigenvalue weighted by molar-refractivity contribution is 6.24. The van der Waals surface area contributed by atoms with Crippen molar-refractivity contribution in [2.75, 3.05) is 33.4 Å². The Balaban J connectivity index is 1.90. The van der Waals surface area contributed by atoms with E-state index in [2.05, 4.69) is 10.6 Å². The molecule has 10 nitrogen and oxygen atoms in total. The highest BCUT2D eigenvalue weighted by Crippen LogP contribution is 2.38. The summed E-state index contributed by atoms with van der Waals surface area (Å²) < 4.78 is 12.1. The van der Waals surface area contributed by atoms with Crippen molar-refractivity contribution in [2.45, 2.75) is 97.8 Å². The maximum absolute atomic E-state index is 13.3. The third-order valence-electron chi connectivity index (χ3n) is 8.96. The molecule has 11 heteroatoms. The monoisotopic (exact) mass is 638 g/mol. The smallest absolute Gasteiger partial charge is 0.271 e. The Morgan fingerprint density at radius 1 is 1.11 bits per heavy atom. The second kappa shape index (κ2) is 18.5. The van der Waals surface area contributed by atoms with Crippen LogP contribution < -0.4 is 21.1 Å². The van der Waals surface area contributed by atoms with Crippen LogP contribution in [0, 0.1) is 23.2 Å². The molecule has 3 amide bonds. The second-order valence-electron chi connectivity index (χ2n) is 13.0. The molecule has 44 heavy (non-hydrogen) atoms. The molecule has 1 aromatic carbocycles.